The van der Waals surface area contributed by atoms with Crippen molar-refractivity contribution in [3.63, 3.8) is 0 Å². The number of hydrogen-bond acceptors (Lipinski definition) is 2. The fourth-order valence-electron chi connectivity index (χ4n) is 6.01. The first kappa shape index (κ1) is 23.8. The van der Waals surface area contributed by atoms with E-state index in [9.17, 15) is 10.2 Å². The molecule has 38 heavy (non-hydrogen) atoms. The number of hydrogen-bond donors (Lipinski definition) is 2. The van der Waals surface area contributed by atoms with Crippen LogP contribution in [0.1, 0.15) is 22.3 Å². The van der Waals surface area contributed by atoms with Crippen LogP contribution < -0.4 is 0 Å². The lowest BCUT2D eigenvalue weighted by molar-refractivity contribution is 0.470. The van der Waals surface area contributed by atoms with Crippen LogP contribution in [0, 0.1) is 27.7 Å². The van der Waals surface area contributed by atoms with Crippen molar-refractivity contribution in [2.75, 3.05) is 0 Å². The number of rotatable bonds is 3. The van der Waals surface area contributed by atoms with Crippen LogP contribution in [-0.2, 0) is 0 Å². The van der Waals surface area contributed by atoms with Crippen LogP contribution in [0.25, 0.3) is 54.9 Å². The first-order chi connectivity index (χ1) is 18.3. The van der Waals surface area contributed by atoms with E-state index < -0.39 is 0 Å². The summed E-state index contributed by atoms with van der Waals surface area (Å²) in [5, 5.41) is 26.1. The Bertz CT molecular complexity index is 1700. The van der Waals surface area contributed by atoms with E-state index in [0.29, 0.717) is 11.1 Å². The quantitative estimate of drug-likeness (QED) is 0.257. The van der Waals surface area contributed by atoms with Crippen LogP contribution in [0.5, 0.6) is 11.5 Å². The monoisotopic (exact) mass is 494 g/mol. The lowest BCUT2D eigenvalue weighted by Crippen LogP contribution is -1.91. The molecule has 0 bridgehead atoms. The van der Waals surface area contributed by atoms with Gasteiger partial charge in [-0.25, -0.2) is 0 Å². The van der Waals surface area contributed by atoms with Crippen molar-refractivity contribution in [1.82, 2.24) is 0 Å². The molecule has 0 aliphatic carbocycles. The summed E-state index contributed by atoms with van der Waals surface area (Å²) in [6.07, 6.45) is 0. The molecule has 0 saturated carbocycles. The summed E-state index contributed by atoms with van der Waals surface area (Å²) in [5.74, 6) is 0.304. The average molecular weight is 495 g/mol. The highest BCUT2D eigenvalue weighted by atomic mass is 16.3. The summed E-state index contributed by atoms with van der Waals surface area (Å²) in [5.41, 5.74) is 11.0. The fourth-order valence-corrected chi connectivity index (χ4v) is 6.01. The molecule has 0 amide bonds. The number of benzene rings is 6. The van der Waals surface area contributed by atoms with Crippen molar-refractivity contribution in [1.29, 1.82) is 0 Å². The summed E-state index contributed by atoms with van der Waals surface area (Å²) < 4.78 is 0. The Balaban J connectivity index is 1.57. The zero-order valence-corrected chi connectivity index (χ0v) is 22.1. The van der Waals surface area contributed by atoms with E-state index in [2.05, 4.69) is 100 Å². The third kappa shape index (κ3) is 3.81. The Kier molecular flexibility index (Phi) is 5.69. The van der Waals surface area contributed by atoms with Crippen LogP contribution in [0.2, 0.25) is 0 Å². The van der Waals surface area contributed by atoms with E-state index in [-0.39, 0.29) is 11.5 Å². The Hall–Kier alpha value is -4.56. The number of fused-ring (bicyclic) bond motifs is 2. The van der Waals surface area contributed by atoms with Crippen molar-refractivity contribution in [2.24, 2.45) is 0 Å². The van der Waals surface area contributed by atoms with Gasteiger partial charge in [0.1, 0.15) is 11.5 Å². The van der Waals surface area contributed by atoms with Gasteiger partial charge in [0, 0.05) is 11.1 Å². The molecule has 6 aromatic carbocycles. The van der Waals surface area contributed by atoms with E-state index in [1.807, 2.05) is 12.1 Å². The van der Waals surface area contributed by atoms with Crippen molar-refractivity contribution in [2.45, 2.75) is 27.7 Å². The van der Waals surface area contributed by atoms with Crippen LogP contribution in [0.3, 0.4) is 0 Å². The minimum Gasteiger partial charge on any atom is -0.507 e. The molecule has 0 radical (unpaired) electrons. The zero-order chi connectivity index (χ0) is 26.6. The Morgan fingerprint density at radius 1 is 0.395 bits per heavy atom. The first-order valence-corrected chi connectivity index (χ1v) is 13.0. The topological polar surface area (TPSA) is 40.5 Å². The molecule has 0 fully saturated rings. The summed E-state index contributed by atoms with van der Waals surface area (Å²) in [6.45, 7) is 8.54. The van der Waals surface area contributed by atoms with Gasteiger partial charge < -0.3 is 10.2 Å². The third-order valence-electron chi connectivity index (χ3n) is 7.79. The molecule has 0 aromatic heterocycles. The summed E-state index contributed by atoms with van der Waals surface area (Å²) in [6, 6.07) is 32.8. The number of phenols is 2. The molecule has 0 saturated heterocycles. The maximum Gasteiger partial charge on any atom is 0.124 e. The zero-order valence-electron chi connectivity index (χ0n) is 22.1. The second-order valence-corrected chi connectivity index (χ2v) is 10.3. The van der Waals surface area contributed by atoms with Crippen LogP contribution in [0.15, 0.2) is 97.1 Å². The molecule has 2 heteroatoms. The molecule has 0 atom stereocenters. The van der Waals surface area contributed by atoms with Gasteiger partial charge in [-0.3, -0.25) is 0 Å². The maximum absolute atomic E-state index is 11.1. The van der Waals surface area contributed by atoms with Gasteiger partial charge in [-0.05, 0) is 118 Å². The van der Waals surface area contributed by atoms with Gasteiger partial charge in [0.15, 0.2) is 0 Å². The van der Waals surface area contributed by atoms with E-state index in [1.54, 1.807) is 12.1 Å². The van der Waals surface area contributed by atoms with Gasteiger partial charge in [0.25, 0.3) is 0 Å². The smallest absolute Gasteiger partial charge is 0.124 e. The molecule has 186 valence electrons. The standard InChI is InChI=1S/C36H30O2/c1-21-7-5-8-22(2)33(21)27-11-15-29-25(19-27)13-17-31(37)35(29)36-30-16-12-28(20-26(30)14-18-32(36)38)34-23(3)9-6-10-24(34)4/h5-20,37-38H,1-4H3. The van der Waals surface area contributed by atoms with E-state index in [1.165, 1.54) is 33.4 Å². The molecule has 0 spiro atoms. The molecule has 2 nitrogen and oxygen atoms in total. The Morgan fingerprint density at radius 3 is 1.13 bits per heavy atom. The predicted octanol–water partition coefficient (Wildman–Crippen LogP) is 9.64. The second kappa shape index (κ2) is 9.08. The third-order valence-corrected chi connectivity index (χ3v) is 7.79. The average Bonchev–Trinajstić information content (AvgIpc) is 2.89. The molecule has 0 heterocycles. The lowest BCUT2D eigenvalue weighted by Gasteiger charge is -2.17. The molecular weight excluding hydrogens is 464 g/mol. The Labute approximate surface area is 223 Å². The van der Waals surface area contributed by atoms with Crippen molar-refractivity contribution >= 4 is 21.5 Å². The highest BCUT2D eigenvalue weighted by Crippen LogP contribution is 2.46. The van der Waals surface area contributed by atoms with E-state index >= 15 is 0 Å². The first-order valence-electron chi connectivity index (χ1n) is 13.0. The Morgan fingerprint density at radius 2 is 0.763 bits per heavy atom. The molecule has 6 aromatic rings. The van der Waals surface area contributed by atoms with Gasteiger partial charge in [-0.15, -0.1) is 0 Å². The summed E-state index contributed by atoms with van der Waals surface area (Å²) in [7, 11) is 0. The number of aryl methyl sites for hydroxylation is 4. The van der Waals surface area contributed by atoms with Gasteiger partial charge in [-0.2, -0.15) is 0 Å². The SMILES string of the molecule is Cc1cccc(C)c1-c1ccc2c(-c3c(O)ccc4cc(-c5c(C)cccc5C)ccc34)c(O)ccc2c1. The molecular formula is C36H30O2. The van der Waals surface area contributed by atoms with Crippen LogP contribution in [-0.4, -0.2) is 10.2 Å². The highest BCUT2D eigenvalue weighted by Gasteiger charge is 2.18. The minimum absolute atomic E-state index is 0.152. The fraction of sp³-hybridized carbons (Fsp3) is 0.111. The summed E-state index contributed by atoms with van der Waals surface area (Å²) in [4.78, 5) is 0. The highest BCUT2D eigenvalue weighted by molar-refractivity contribution is 6.10. The molecule has 2 N–H and O–H groups in total. The maximum atomic E-state index is 11.1. The minimum atomic E-state index is 0.152. The summed E-state index contributed by atoms with van der Waals surface area (Å²) >= 11 is 0. The van der Waals surface area contributed by atoms with Gasteiger partial charge in [0.2, 0.25) is 0 Å². The van der Waals surface area contributed by atoms with E-state index in [4.69, 9.17) is 0 Å². The van der Waals surface area contributed by atoms with Gasteiger partial charge in [0.05, 0.1) is 0 Å². The number of aromatic hydroxyl groups is 2. The molecule has 0 aliphatic heterocycles. The van der Waals surface area contributed by atoms with Gasteiger partial charge >= 0.3 is 0 Å². The van der Waals surface area contributed by atoms with Crippen LogP contribution in [0.4, 0.5) is 0 Å². The molecule has 0 aliphatic rings. The van der Waals surface area contributed by atoms with Crippen molar-refractivity contribution < 1.29 is 10.2 Å². The normalized spacial score (nSPS) is 11.4. The lowest BCUT2D eigenvalue weighted by atomic mass is 9.88. The van der Waals surface area contributed by atoms with E-state index in [0.717, 1.165) is 32.7 Å². The molecule has 6 rings (SSSR count). The number of phenolic OH excluding ortho intramolecular Hbond substituents is 2. The van der Waals surface area contributed by atoms with Crippen molar-refractivity contribution in [3.05, 3.63) is 119 Å². The largest absolute Gasteiger partial charge is 0.507 e. The van der Waals surface area contributed by atoms with Gasteiger partial charge in [-0.1, -0.05) is 72.8 Å². The second-order valence-electron chi connectivity index (χ2n) is 10.3. The van der Waals surface area contributed by atoms with Crippen molar-refractivity contribution in [3.8, 4) is 44.9 Å². The molecule has 0 unspecified atom stereocenters. The van der Waals surface area contributed by atoms with Crippen LogP contribution >= 0.6 is 0 Å². The predicted molar refractivity (Wildman–Crippen MR) is 160 cm³/mol.